The van der Waals surface area contributed by atoms with Gasteiger partial charge in [0.15, 0.2) is 10.9 Å². The van der Waals surface area contributed by atoms with Crippen LogP contribution in [0, 0.1) is 5.82 Å². The first-order chi connectivity index (χ1) is 17.7. The molecule has 6 nitrogen and oxygen atoms in total. The number of rotatable bonds is 6. The molecular formula is C26H19F4N5OS. The van der Waals surface area contributed by atoms with Crippen LogP contribution in [0.15, 0.2) is 72.8 Å². The van der Waals surface area contributed by atoms with Crippen molar-refractivity contribution in [2.24, 2.45) is 0 Å². The molecule has 3 aromatic carbocycles. The minimum absolute atomic E-state index is 0.151. The predicted octanol–water partition coefficient (Wildman–Crippen LogP) is 7.46. The van der Waals surface area contributed by atoms with Crippen LogP contribution in [0.2, 0.25) is 0 Å². The van der Waals surface area contributed by atoms with Crippen LogP contribution < -0.4 is 15.8 Å². The van der Waals surface area contributed by atoms with E-state index in [9.17, 15) is 17.6 Å². The standard InChI is InChI=1S/C26H19F4N5OS/c1-14(15-7-11-18(27)12-8-15)32-25-33-19(16-5-9-17(10-6-16)26(28,29)30)13-22(34-25)36-20-3-2-4-21-23(20)35-24(31)37-21/h2-14H,1H3,(H2,31,35)(H,32,33,34). The van der Waals surface area contributed by atoms with Crippen molar-refractivity contribution in [1.82, 2.24) is 15.0 Å². The summed E-state index contributed by atoms with van der Waals surface area (Å²) in [6.45, 7) is 1.85. The van der Waals surface area contributed by atoms with Gasteiger partial charge in [0.1, 0.15) is 11.3 Å². The first-order valence-corrected chi connectivity index (χ1v) is 11.9. The summed E-state index contributed by atoms with van der Waals surface area (Å²) >= 11 is 1.31. The van der Waals surface area contributed by atoms with Crippen molar-refractivity contribution in [2.45, 2.75) is 19.1 Å². The Morgan fingerprint density at radius 2 is 1.68 bits per heavy atom. The minimum atomic E-state index is -4.45. The van der Waals surface area contributed by atoms with Crippen molar-refractivity contribution in [2.75, 3.05) is 11.1 Å². The van der Waals surface area contributed by atoms with Crippen molar-refractivity contribution >= 4 is 32.6 Å². The number of nitrogens with one attached hydrogen (secondary N) is 1. The number of ether oxygens (including phenoxy) is 1. The number of nitrogens with zero attached hydrogens (tertiary/aromatic N) is 3. The normalized spacial score (nSPS) is 12.5. The number of anilines is 2. The van der Waals surface area contributed by atoms with Gasteiger partial charge in [-0.1, -0.05) is 41.7 Å². The molecule has 0 aliphatic rings. The van der Waals surface area contributed by atoms with E-state index in [1.807, 2.05) is 13.0 Å². The maximum atomic E-state index is 13.3. The monoisotopic (exact) mass is 525 g/mol. The second kappa shape index (κ2) is 9.66. The Kier molecular flexibility index (Phi) is 6.38. The summed E-state index contributed by atoms with van der Waals surface area (Å²) in [7, 11) is 0. The fourth-order valence-electron chi connectivity index (χ4n) is 3.68. The van der Waals surface area contributed by atoms with Crippen LogP contribution in [0.3, 0.4) is 0 Å². The lowest BCUT2D eigenvalue weighted by Gasteiger charge is -2.16. The van der Waals surface area contributed by atoms with E-state index in [2.05, 4.69) is 20.3 Å². The molecule has 0 bridgehead atoms. The Labute approximate surface area is 212 Å². The highest BCUT2D eigenvalue weighted by molar-refractivity contribution is 7.22. The third kappa shape index (κ3) is 5.46. The number of fused-ring (bicyclic) bond motifs is 1. The molecule has 11 heteroatoms. The van der Waals surface area contributed by atoms with Crippen LogP contribution in [0.1, 0.15) is 24.1 Å². The molecule has 5 rings (SSSR count). The van der Waals surface area contributed by atoms with E-state index in [1.165, 1.54) is 41.7 Å². The van der Waals surface area contributed by atoms with E-state index in [1.54, 1.807) is 24.3 Å². The van der Waals surface area contributed by atoms with Crippen molar-refractivity contribution in [1.29, 1.82) is 0 Å². The molecule has 2 heterocycles. The van der Waals surface area contributed by atoms with Gasteiger partial charge in [0.05, 0.1) is 22.0 Å². The first-order valence-electron chi connectivity index (χ1n) is 11.1. The second-order valence-electron chi connectivity index (χ2n) is 8.16. The molecule has 1 atom stereocenters. The Bertz CT molecular complexity index is 1550. The fourth-order valence-corrected chi connectivity index (χ4v) is 4.44. The Morgan fingerprint density at radius 1 is 0.946 bits per heavy atom. The highest BCUT2D eigenvalue weighted by Crippen LogP contribution is 2.35. The molecule has 0 amide bonds. The predicted molar refractivity (Wildman–Crippen MR) is 135 cm³/mol. The number of alkyl halides is 3. The first kappa shape index (κ1) is 24.4. The number of benzene rings is 3. The summed E-state index contributed by atoms with van der Waals surface area (Å²) in [6.07, 6.45) is -4.45. The smallest absolute Gasteiger partial charge is 0.416 e. The molecule has 5 aromatic rings. The Balaban J connectivity index is 1.53. The number of nitrogens with two attached hydrogens (primary N) is 1. The molecule has 1 unspecified atom stereocenters. The lowest BCUT2D eigenvalue weighted by molar-refractivity contribution is -0.137. The SMILES string of the molecule is CC(Nc1nc(Oc2cccc3sc(N)nc23)cc(-c2ccc(C(F)(F)F)cc2)n1)c1ccc(F)cc1. The van der Waals surface area contributed by atoms with Crippen molar-refractivity contribution in [3.05, 3.63) is 89.7 Å². The number of hydrogen-bond acceptors (Lipinski definition) is 7. The largest absolute Gasteiger partial charge is 0.437 e. The number of para-hydroxylation sites is 1. The fraction of sp³-hybridized carbons (Fsp3) is 0.115. The van der Waals surface area contributed by atoms with Crippen LogP contribution >= 0.6 is 11.3 Å². The van der Waals surface area contributed by atoms with E-state index in [-0.39, 0.29) is 23.7 Å². The molecule has 3 N–H and O–H groups in total. The van der Waals surface area contributed by atoms with Crippen LogP contribution in [0.5, 0.6) is 11.6 Å². The van der Waals surface area contributed by atoms with Gasteiger partial charge in [0.2, 0.25) is 11.8 Å². The summed E-state index contributed by atoms with van der Waals surface area (Å²) < 4.78 is 59.4. The molecule has 0 aliphatic carbocycles. The van der Waals surface area contributed by atoms with Gasteiger partial charge in [-0.25, -0.2) is 14.4 Å². The summed E-state index contributed by atoms with van der Waals surface area (Å²) in [5.41, 5.74) is 7.22. The van der Waals surface area contributed by atoms with Crippen LogP contribution in [-0.4, -0.2) is 15.0 Å². The molecule has 37 heavy (non-hydrogen) atoms. The van der Waals surface area contributed by atoms with E-state index in [0.717, 1.165) is 22.4 Å². The molecular weight excluding hydrogens is 506 g/mol. The van der Waals surface area contributed by atoms with Gasteiger partial charge in [0, 0.05) is 11.6 Å². The van der Waals surface area contributed by atoms with E-state index >= 15 is 0 Å². The molecule has 0 saturated carbocycles. The lowest BCUT2D eigenvalue weighted by atomic mass is 10.1. The number of hydrogen-bond donors (Lipinski definition) is 2. The van der Waals surface area contributed by atoms with Gasteiger partial charge in [-0.2, -0.15) is 18.2 Å². The zero-order valence-electron chi connectivity index (χ0n) is 19.3. The third-order valence-electron chi connectivity index (χ3n) is 5.54. The summed E-state index contributed by atoms with van der Waals surface area (Å²) in [5.74, 6) is 0.385. The van der Waals surface area contributed by atoms with Gasteiger partial charge in [-0.3, -0.25) is 0 Å². The average Bonchev–Trinajstić information content (AvgIpc) is 3.25. The zero-order valence-corrected chi connectivity index (χ0v) is 20.1. The van der Waals surface area contributed by atoms with Gasteiger partial charge in [-0.05, 0) is 48.9 Å². The number of thiazole rings is 1. The molecule has 0 spiro atoms. The lowest BCUT2D eigenvalue weighted by Crippen LogP contribution is -2.10. The van der Waals surface area contributed by atoms with Gasteiger partial charge < -0.3 is 15.8 Å². The maximum Gasteiger partial charge on any atom is 0.416 e. The third-order valence-corrected chi connectivity index (χ3v) is 6.39. The molecule has 188 valence electrons. The summed E-state index contributed by atoms with van der Waals surface area (Å²) in [4.78, 5) is 13.3. The zero-order chi connectivity index (χ0) is 26.2. The quantitative estimate of drug-likeness (QED) is 0.224. The maximum absolute atomic E-state index is 13.3. The van der Waals surface area contributed by atoms with Gasteiger partial charge in [-0.15, -0.1) is 0 Å². The highest BCUT2D eigenvalue weighted by atomic mass is 32.1. The number of aromatic nitrogens is 3. The Hall–Kier alpha value is -4.25. The second-order valence-corrected chi connectivity index (χ2v) is 9.23. The molecule has 0 radical (unpaired) electrons. The van der Waals surface area contributed by atoms with Crippen LogP contribution in [-0.2, 0) is 6.18 Å². The molecule has 0 aliphatic heterocycles. The van der Waals surface area contributed by atoms with Crippen molar-refractivity contribution in [3.63, 3.8) is 0 Å². The van der Waals surface area contributed by atoms with Crippen LogP contribution in [0.4, 0.5) is 28.6 Å². The van der Waals surface area contributed by atoms with Crippen LogP contribution in [0.25, 0.3) is 21.5 Å². The summed E-state index contributed by atoms with van der Waals surface area (Å²) in [5, 5.41) is 3.54. The minimum Gasteiger partial charge on any atom is -0.437 e. The number of halogens is 4. The van der Waals surface area contributed by atoms with E-state index in [0.29, 0.717) is 27.7 Å². The average molecular weight is 526 g/mol. The molecule has 0 fully saturated rings. The summed E-state index contributed by atoms with van der Waals surface area (Å²) in [6, 6.07) is 17.2. The van der Waals surface area contributed by atoms with Crippen molar-refractivity contribution in [3.8, 4) is 22.9 Å². The van der Waals surface area contributed by atoms with Gasteiger partial charge >= 0.3 is 6.18 Å². The van der Waals surface area contributed by atoms with Gasteiger partial charge in [0.25, 0.3) is 0 Å². The van der Waals surface area contributed by atoms with E-state index < -0.39 is 11.7 Å². The van der Waals surface area contributed by atoms with Crippen molar-refractivity contribution < 1.29 is 22.3 Å². The Morgan fingerprint density at radius 3 is 2.38 bits per heavy atom. The molecule has 2 aromatic heterocycles. The highest BCUT2D eigenvalue weighted by Gasteiger charge is 2.30. The molecule has 0 saturated heterocycles. The van der Waals surface area contributed by atoms with E-state index in [4.69, 9.17) is 10.5 Å². The number of nitrogen functional groups attached to an aromatic ring is 1. The topological polar surface area (TPSA) is 86.0 Å².